The van der Waals surface area contributed by atoms with Crippen LogP contribution in [0.3, 0.4) is 0 Å². The SMILES string of the molecule is Cc1cc2c(Cl)c(Br)ccc2s1. The van der Waals surface area contributed by atoms with Crippen LogP contribution in [0.2, 0.25) is 5.02 Å². The molecule has 0 spiro atoms. The third-order valence-electron chi connectivity index (χ3n) is 1.71. The summed E-state index contributed by atoms with van der Waals surface area (Å²) >= 11 is 11.3. The Hall–Kier alpha value is -0.0500. The lowest BCUT2D eigenvalue weighted by Crippen LogP contribution is -1.68. The van der Waals surface area contributed by atoms with Gasteiger partial charge in [-0.25, -0.2) is 0 Å². The fraction of sp³-hybridized carbons (Fsp3) is 0.111. The van der Waals surface area contributed by atoms with Crippen LogP contribution in [0.15, 0.2) is 22.7 Å². The van der Waals surface area contributed by atoms with E-state index in [9.17, 15) is 0 Å². The van der Waals surface area contributed by atoms with Gasteiger partial charge in [0, 0.05) is 19.4 Å². The van der Waals surface area contributed by atoms with Crippen molar-refractivity contribution < 1.29 is 0 Å². The first kappa shape index (κ1) is 8.54. The molecule has 1 aromatic carbocycles. The first-order valence-corrected chi connectivity index (χ1v) is 5.51. The Morgan fingerprint density at radius 1 is 1.42 bits per heavy atom. The maximum atomic E-state index is 6.10. The smallest absolute Gasteiger partial charge is 0.0634 e. The molecule has 3 heteroatoms. The van der Waals surface area contributed by atoms with Crippen LogP contribution in [0.1, 0.15) is 4.88 Å². The Labute approximate surface area is 88.3 Å². The number of halogens is 2. The van der Waals surface area contributed by atoms with Crippen molar-refractivity contribution >= 4 is 49.0 Å². The molecular formula is C9H6BrClS. The molecule has 0 fully saturated rings. The highest BCUT2D eigenvalue weighted by Gasteiger charge is 2.05. The van der Waals surface area contributed by atoms with Gasteiger partial charge in [0.05, 0.1) is 5.02 Å². The van der Waals surface area contributed by atoms with Crippen LogP contribution in [0.25, 0.3) is 10.1 Å². The molecule has 0 saturated heterocycles. The number of fused-ring (bicyclic) bond motifs is 1. The van der Waals surface area contributed by atoms with Gasteiger partial charge >= 0.3 is 0 Å². The number of hydrogen-bond acceptors (Lipinski definition) is 1. The van der Waals surface area contributed by atoms with Crippen molar-refractivity contribution in [2.45, 2.75) is 6.92 Å². The van der Waals surface area contributed by atoms with E-state index in [4.69, 9.17) is 11.6 Å². The molecule has 0 N–H and O–H groups in total. The summed E-state index contributed by atoms with van der Waals surface area (Å²) in [6, 6.07) is 6.19. The molecule has 0 aliphatic rings. The summed E-state index contributed by atoms with van der Waals surface area (Å²) in [5.74, 6) is 0. The van der Waals surface area contributed by atoms with E-state index in [1.54, 1.807) is 11.3 Å². The average molecular weight is 262 g/mol. The molecule has 2 aromatic rings. The largest absolute Gasteiger partial charge is 0.141 e. The zero-order chi connectivity index (χ0) is 8.72. The van der Waals surface area contributed by atoms with Gasteiger partial charge < -0.3 is 0 Å². The van der Waals surface area contributed by atoms with E-state index in [0.717, 1.165) is 14.9 Å². The summed E-state index contributed by atoms with van der Waals surface area (Å²) in [5.41, 5.74) is 0. The standard InChI is InChI=1S/C9H6BrClS/c1-5-4-6-8(12-5)3-2-7(10)9(6)11/h2-4H,1H3. The maximum absolute atomic E-state index is 6.10. The number of hydrogen-bond donors (Lipinski definition) is 0. The van der Waals surface area contributed by atoms with Gasteiger partial charge in [0.2, 0.25) is 0 Å². The molecule has 0 saturated carbocycles. The molecule has 62 valence electrons. The van der Waals surface area contributed by atoms with Crippen LogP contribution in [0.5, 0.6) is 0 Å². The van der Waals surface area contributed by atoms with Crippen molar-refractivity contribution in [3.05, 3.63) is 32.6 Å². The number of thiophene rings is 1. The average Bonchev–Trinajstić information content (AvgIpc) is 2.39. The first-order valence-electron chi connectivity index (χ1n) is 3.52. The topological polar surface area (TPSA) is 0 Å². The second kappa shape index (κ2) is 3.02. The van der Waals surface area contributed by atoms with Crippen molar-refractivity contribution in [2.24, 2.45) is 0 Å². The van der Waals surface area contributed by atoms with Crippen molar-refractivity contribution in [1.29, 1.82) is 0 Å². The minimum absolute atomic E-state index is 0.817. The predicted molar refractivity (Wildman–Crippen MR) is 59.3 cm³/mol. The Bertz CT molecular complexity index is 433. The highest BCUT2D eigenvalue weighted by molar-refractivity contribution is 9.10. The summed E-state index contributed by atoms with van der Waals surface area (Å²) in [6.45, 7) is 2.09. The first-order chi connectivity index (χ1) is 5.68. The molecule has 0 bridgehead atoms. The summed E-state index contributed by atoms with van der Waals surface area (Å²) in [4.78, 5) is 1.30. The molecule has 0 unspecified atom stereocenters. The summed E-state index contributed by atoms with van der Waals surface area (Å²) in [5, 5.41) is 1.96. The van der Waals surface area contributed by atoms with E-state index in [1.807, 2.05) is 6.07 Å². The minimum atomic E-state index is 0.817. The summed E-state index contributed by atoms with van der Waals surface area (Å²) in [7, 11) is 0. The number of benzene rings is 1. The molecule has 0 aliphatic heterocycles. The monoisotopic (exact) mass is 260 g/mol. The van der Waals surface area contributed by atoms with Gasteiger partial charge in [-0.15, -0.1) is 11.3 Å². The lowest BCUT2D eigenvalue weighted by Gasteiger charge is -1.95. The van der Waals surface area contributed by atoms with E-state index in [1.165, 1.54) is 9.58 Å². The fourth-order valence-electron chi connectivity index (χ4n) is 1.18. The Balaban J connectivity index is 2.89. The highest BCUT2D eigenvalue weighted by Crippen LogP contribution is 2.35. The summed E-state index contributed by atoms with van der Waals surface area (Å²) < 4.78 is 2.22. The van der Waals surface area contributed by atoms with Gasteiger partial charge in [-0.1, -0.05) is 11.6 Å². The van der Waals surface area contributed by atoms with E-state index >= 15 is 0 Å². The maximum Gasteiger partial charge on any atom is 0.0634 e. The van der Waals surface area contributed by atoms with Crippen molar-refractivity contribution in [3.63, 3.8) is 0 Å². The molecule has 2 rings (SSSR count). The molecule has 0 aliphatic carbocycles. The van der Waals surface area contributed by atoms with Gasteiger partial charge in [0.1, 0.15) is 0 Å². The van der Waals surface area contributed by atoms with E-state index in [-0.39, 0.29) is 0 Å². The normalized spacial score (nSPS) is 10.9. The highest BCUT2D eigenvalue weighted by atomic mass is 79.9. The molecule has 0 radical (unpaired) electrons. The fourth-order valence-corrected chi connectivity index (χ4v) is 2.73. The zero-order valence-corrected chi connectivity index (χ0v) is 9.55. The van der Waals surface area contributed by atoms with Crippen LogP contribution in [-0.2, 0) is 0 Å². The van der Waals surface area contributed by atoms with Crippen LogP contribution >= 0.6 is 38.9 Å². The second-order valence-corrected chi connectivity index (χ2v) is 5.15. The third-order valence-corrected chi connectivity index (χ3v) is 4.02. The second-order valence-electron chi connectivity index (χ2n) is 2.63. The van der Waals surface area contributed by atoms with Crippen LogP contribution in [0, 0.1) is 6.92 Å². The lowest BCUT2D eigenvalue weighted by molar-refractivity contribution is 1.65. The molecule has 0 atom stereocenters. The Kier molecular flexibility index (Phi) is 2.15. The van der Waals surface area contributed by atoms with E-state index in [0.29, 0.717) is 0 Å². The van der Waals surface area contributed by atoms with E-state index < -0.39 is 0 Å². The van der Waals surface area contributed by atoms with Crippen molar-refractivity contribution in [3.8, 4) is 0 Å². The van der Waals surface area contributed by atoms with E-state index in [2.05, 4.69) is 35.0 Å². The zero-order valence-electron chi connectivity index (χ0n) is 6.40. The molecular weight excluding hydrogens is 256 g/mol. The molecule has 12 heavy (non-hydrogen) atoms. The molecule has 1 aromatic heterocycles. The van der Waals surface area contributed by atoms with Crippen LogP contribution in [-0.4, -0.2) is 0 Å². The molecule has 0 amide bonds. The Morgan fingerprint density at radius 2 is 2.17 bits per heavy atom. The van der Waals surface area contributed by atoms with Crippen LogP contribution < -0.4 is 0 Å². The minimum Gasteiger partial charge on any atom is -0.141 e. The Morgan fingerprint density at radius 3 is 2.92 bits per heavy atom. The quantitative estimate of drug-likeness (QED) is 0.649. The summed E-state index contributed by atoms with van der Waals surface area (Å²) in [6.07, 6.45) is 0. The van der Waals surface area contributed by atoms with Crippen molar-refractivity contribution in [2.75, 3.05) is 0 Å². The third kappa shape index (κ3) is 1.28. The van der Waals surface area contributed by atoms with Gasteiger partial charge in [0.25, 0.3) is 0 Å². The van der Waals surface area contributed by atoms with Crippen molar-refractivity contribution in [1.82, 2.24) is 0 Å². The van der Waals surface area contributed by atoms with Gasteiger partial charge in [-0.05, 0) is 41.1 Å². The number of aryl methyl sites for hydroxylation is 1. The van der Waals surface area contributed by atoms with Gasteiger partial charge in [-0.3, -0.25) is 0 Å². The lowest BCUT2D eigenvalue weighted by atomic mass is 10.2. The predicted octanol–water partition coefficient (Wildman–Crippen LogP) is 4.63. The molecule has 1 heterocycles. The van der Waals surface area contributed by atoms with Gasteiger partial charge in [-0.2, -0.15) is 0 Å². The molecule has 0 nitrogen and oxygen atoms in total. The van der Waals surface area contributed by atoms with Gasteiger partial charge in [0.15, 0.2) is 0 Å². The number of rotatable bonds is 0. The van der Waals surface area contributed by atoms with Crippen LogP contribution in [0.4, 0.5) is 0 Å².